The summed E-state index contributed by atoms with van der Waals surface area (Å²) in [6.07, 6.45) is 5.92. The summed E-state index contributed by atoms with van der Waals surface area (Å²) in [6, 6.07) is 24.1. The molecule has 5 rings (SSSR count). The third-order valence-electron chi connectivity index (χ3n) is 6.81. The molecule has 0 radical (unpaired) electrons. The van der Waals surface area contributed by atoms with Crippen LogP contribution >= 0.6 is 0 Å². The molecule has 2 heterocycles. The molecule has 0 aromatic heterocycles. The van der Waals surface area contributed by atoms with E-state index in [1.54, 1.807) is 24.4 Å². The van der Waals surface area contributed by atoms with Crippen LogP contribution in [0.4, 0.5) is 9.18 Å². The lowest BCUT2D eigenvalue weighted by molar-refractivity contribution is -0.120. The summed E-state index contributed by atoms with van der Waals surface area (Å²) in [6.45, 7) is 0.767. The van der Waals surface area contributed by atoms with Crippen molar-refractivity contribution in [3.63, 3.8) is 0 Å². The molecule has 8 nitrogen and oxygen atoms in total. The maximum absolute atomic E-state index is 14.8. The number of aliphatic imine (C=N–C) groups is 2. The molecular weight excluding hydrogens is 535 g/mol. The predicted molar refractivity (Wildman–Crippen MR) is 161 cm³/mol. The lowest BCUT2D eigenvalue weighted by Crippen LogP contribution is -2.36. The number of benzene rings is 3. The number of fused-ring (bicyclic) bond motifs is 1. The van der Waals surface area contributed by atoms with Gasteiger partial charge in [0.1, 0.15) is 5.70 Å². The number of amidine groups is 1. The number of amides is 2. The van der Waals surface area contributed by atoms with Crippen molar-refractivity contribution in [2.75, 3.05) is 13.2 Å². The van der Waals surface area contributed by atoms with Gasteiger partial charge in [0.2, 0.25) is 0 Å². The normalized spacial score (nSPS) is 15.2. The van der Waals surface area contributed by atoms with Crippen molar-refractivity contribution in [2.24, 2.45) is 9.98 Å². The number of carboxylic acid groups (broad SMARTS) is 1. The zero-order valence-corrected chi connectivity index (χ0v) is 23.0. The molecule has 0 atom stereocenters. The second kappa shape index (κ2) is 13.5. The van der Waals surface area contributed by atoms with E-state index in [2.05, 4.69) is 10.3 Å². The fourth-order valence-electron chi connectivity index (χ4n) is 4.69. The molecule has 2 aliphatic rings. The first-order valence-electron chi connectivity index (χ1n) is 13.9. The largest absolute Gasteiger partial charge is 0.491 e. The number of unbranched alkanes of at least 4 members (excludes halogenated alkanes) is 3. The van der Waals surface area contributed by atoms with Crippen LogP contribution in [0.3, 0.4) is 0 Å². The van der Waals surface area contributed by atoms with Crippen LogP contribution in [-0.4, -0.2) is 46.7 Å². The van der Waals surface area contributed by atoms with Crippen molar-refractivity contribution in [3.8, 4) is 5.75 Å². The van der Waals surface area contributed by atoms with Crippen molar-refractivity contribution in [1.29, 1.82) is 0 Å². The first-order chi connectivity index (χ1) is 20.5. The van der Waals surface area contributed by atoms with Crippen LogP contribution in [0.25, 0.3) is 11.8 Å². The van der Waals surface area contributed by atoms with E-state index in [1.165, 1.54) is 11.0 Å². The molecule has 2 aliphatic heterocycles. The van der Waals surface area contributed by atoms with Crippen LogP contribution in [0.1, 0.15) is 42.4 Å². The molecule has 0 aliphatic carbocycles. The number of hydrogen-bond acceptors (Lipinski definition) is 5. The minimum absolute atomic E-state index is 0.138. The Kier molecular flexibility index (Phi) is 9.18. The first kappa shape index (κ1) is 28.5. The number of nitrogens with one attached hydrogen (secondary N) is 1. The molecule has 0 bridgehead atoms. The van der Waals surface area contributed by atoms with E-state index in [-0.39, 0.29) is 17.4 Å². The summed E-state index contributed by atoms with van der Waals surface area (Å²) in [5, 5.41) is 10.9. The highest BCUT2D eigenvalue weighted by Crippen LogP contribution is 2.29. The number of nitrogens with zero attached hydrogens (tertiary/aromatic N) is 3. The average Bonchev–Trinajstić information content (AvgIpc) is 3.31. The van der Waals surface area contributed by atoms with Gasteiger partial charge < -0.3 is 15.2 Å². The Morgan fingerprint density at radius 2 is 1.69 bits per heavy atom. The van der Waals surface area contributed by atoms with Crippen LogP contribution in [0.2, 0.25) is 0 Å². The number of carbonyl (C=O) groups excluding carboxylic acids is 1. The van der Waals surface area contributed by atoms with Gasteiger partial charge in [-0.1, -0.05) is 79.6 Å². The standard InChI is InChI=1S/C33H31FN4O4/c34-26-19-24(15-16-30(26)42-18-10-2-1-9-17-35-33(40)41)21-28-32(39)38-22-29(25-13-7-4-8-14-25)36-27(31(38)37-28)20-23-11-5-3-6-12-23/h3-8,11-16,19,21-22,35H,1-2,9-10,17-18,20H2,(H,40,41)/b28-21-. The van der Waals surface area contributed by atoms with Gasteiger partial charge in [-0.2, -0.15) is 0 Å². The van der Waals surface area contributed by atoms with E-state index in [1.807, 2.05) is 60.7 Å². The summed E-state index contributed by atoms with van der Waals surface area (Å²) in [5.41, 5.74) is 3.96. The third kappa shape index (κ3) is 7.17. The third-order valence-corrected chi connectivity index (χ3v) is 6.81. The van der Waals surface area contributed by atoms with Gasteiger partial charge in [0.25, 0.3) is 5.91 Å². The number of carbonyl (C=O) groups is 2. The Labute approximate surface area is 243 Å². The molecule has 2 N–H and O–H groups in total. The van der Waals surface area contributed by atoms with Gasteiger partial charge in [-0.05, 0) is 42.2 Å². The van der Waals surface area contributed by atoms with E-state index in [0.29, 0.717) is 42.4 Å². The fraction of sp³-hybridized carbons (Fsp3) is 0.212. The van der Waals surface area contributed by atoms with E-state index < -0.39 is 11.9 Å². The molecule has 0 fully saturated rings. The molecule has 0 unspecified atom stereocenters. The lowest BCUT2D eigenvalue weighted by atomic mass is 10.1. The van der Waals surface area contributed by atoms with Gasteiger partial charge in [-0.15, -0.1) is 0 Å². The van der Waals surface area contributed by atoms with Gasteiger partial charge in [0, 0.05) is 24.7 Å². The zero-order valence-electron chi connectivity index (χ0n) is 23.0. The van der Waals surface area contributed by atoms with Gasteiger partial charge >= 0.3 is 6.09 Å². The van der Waals surface area contributed by atoms with Crippen molar-refractivity contribution in [3.05, 3.63) is 113 Å². The summed E-state index contributed by atoms with van der Waals surface area (Å²) in [7, 11) is 0. The summed E-state index contributed by atoms with van der Waals surface area (Å²) >= 11 is 0. The Bertz CT molecular complexity index is 1570. The van der Waals surface area contributed by atoms with Crippen LogP contribution < -0.4 is 10.1 Å². The fourth-order valence-corrected chi connectivity index (χ4v) is 4.69. The summed E-state index contributed by atoms with van der Waals surface area (Å²) < 4.78 is 20.4. The topological polar surface area (TPSA) is 104 Å². The molecule has 42 heavy (non-hydrogen) atoms. The molecule has 3 aromatic carbocycles. The van der Waals surface area contributed by atoms with E-state index in [9.17, 15) is 14.0 Å². The molecule has 214 valence electrons. The van der Waals surface area contributed by atoms with Crippen molar-refractivity contribution in [1.82, 2.24) is 10.2 Å². The smallest absolute Gasteiger partial charge is 0.404 e. The highest BCUT2D eigenvalue weighted by Gasteiger charge is 2.35. The number of ether oxygens (including phenoxy) is 1. The van der Waals surface area contributed by atoms with Gasteiger partial charge in [0.05, 0.1) is 18.0 Å². The minimum Gasteiger partial charge on any atom is -0.491 e. The molecule has 0 saturated heterocycles. The summed E-state index contributed by atoms with van der Waals surface area (Å²) in [5.74, 6) is -0.227. The Morgan fingerprint density at radius 1 is 0.952 bits per heavy atom. The number of hydrogen-bond donors (Lipinski definition) is 2. The second-order valence-corrected chi connectivity index (χ2v) is 9.93. The van der Waals surface area contributed by atoms with Crippen LogP contribution in [0.15, 0.2) is 101 Å². The van der Waals surface area contributed by atoms with Crippen molar-refractivity contribution >= 4 is 35.3 Å². The second-order valence-electron chi connectivity index (χ2n) is 9.93. The van der Waals surface area contributed by atoms with Crippen molar-refractivity contribution < 1.29 is 23.8 Å². The Hall–Kier alpha value is -5.05. The van der Waals surface area contributed by atoms with E-state index in [0.717, 1.165) is 36.8 Å². The molecule has 3 aromatic rings. The maximum atomic E-state index is 14.8. The van der Waals surface area contributed by atoms with Crippen LogP contribution in [0.5, 0.6) is 5.75 Å². The van der Waals surface area contributed by atoms with Crippen molar-refractivity contribution in [2.45, 2.75) is 32.1 Å². The van der Waals surface area contributed by atoms with Gasteiger partial charge in [0.15, 0.2) is 17.4 Å². The molecule has 0 spiro atoms. The van der Waals surface area contributed by atoms with Crippen LogP contribution in [0, 0.1) is 5.82 Å². The number of halogens is 1. The monoisotopic (exact) mass is 566 g/mol. The molecule has 2 amide bonds. The van der Waals surface area contributed by atoms with Gasteiger partial charge in [-0.3, -0.25) is 9.69 Å². The average molecular weight is 567 g/mol. The Balaban J connectivity index is 1.28. The lowest BCUT2D eigenvalue weighted by Gasteiger charge is -2.21. The first-order valence-corrected chi connectivity index (χ1v) is 13.9. The summed E-state index contributed by atoms with van der Waals surface area (Å²) in [4.78, 5) is 34.9. The zero-order chi connectivity index (χ0) is 29.3. The number of rotatable bonds is 12. The molecule has 0 saturated carbocycles. The van der Waals surface area contributed by atoms with Crippen LogP contribution in [-0.2, 0) is 11.2 Å². The van der Waals surface area contributed by atoms with E-state index in [4.69, 9.17) is 14.8 Å². The van der Waals surface area contributed by atoms with E-state index >= 15 is 0 Å². The Morgan fingerprint density at radius 3 is 2.43 bits per heavy atom. The molecular formula is C33H31FN4O4. The minimum atomic E-state index is -1.02. The maximum Gasteiger partial charge on any atom is 0.404 e. The highest BCUT2D eigenvalue weighted by molar-refractivity contribution is 6.48. The molecule has 9 heteroatoms. The van der Waals surface area contributed by atoms with Gasteiger partial charge in [-0.25, -0.2) is 19.2 Å². The SMILES string of the molecule is O=C(O)NCCCCCCOc1ccc(/C=C2\N=C3C(Cc4ccccc4)=NC(c4ccccc4)=CN3C2=O)cc1F. The predicted octanol–water partition coefficient (Wildman–Crippen LogP) is 6.31. The highest BCUT2D eigenvalue weighted by atomic mass is 19.1. The quantitative estimate of drug-likeness (QED) is 0.198.